The normalized spacial score (nSPS) is 11.3. The number of halogens is 1. The minimum Gasteiger partial charge on any atom is -0.492 e. The minimum atomic E-state index is -1.19. The van der Waals surface area contributed by atoms with Crippen molar-refractivity contribution in [1.82, 2.24) is 4.98 Å². The molecule has 4 nitrogen and oxygen atoms in total. The number of carbonyl (C=O) groups is 1. The van der Waals surface area contributed by atoms with E-state index in [4.69, 9.17) is 16.3 Å². The first-order valence-corrected chi connectivity index (χ1v) is 9.39. The van der Waals surface area contributed by atoms with Gasteiger partial charge in [0, 0.05) is 8.07 Å². The van der Waals surface area contributed by atoms with Crippen molar-refractivity contribution in [2.45, 2.75) is 25.7 Å². The summed E-state index contributed by atoms with van der Waals surface area (Å²) >= 11 is 5.65. The molecule has 0 bridgehead atoms. The molecule has 0 atom stereocenters. The molecule has 0 aromatic carbocycles. The van der Waals surface area contributed by atoms with Crippen LogP contribution in [0.3, 0.4) is 0 Å². The van der Waals surface area contributed by atoms with Gasteiger partial charge >= 0.3 is 0 Å². The Kier molecular flexibility index (Phi) is 4.53. The van der Waals surface area contributed by atoms with Crippen LogP contribution < -0.4 is 4.74 Å². The van der Waals surface area contributed by atoms with E-state index in [-0.39, 0.29) is 22.3 Å². The molecule has 1 aromatic heterocycles. The number of carbonyl (C=O) groups excluding carboxylic acids is 1. The molecular weight excluding hydrogens is 258 g/mol. The number of ether oxygens (including phenoxy) is 1. The first kappa shape index (κ1) is 14.0. The maximum Gasteiger partial charge on any atom is 0.233 e. The van der Waals surface area contributed by atoms with Crippen LogP contribution in [-0.2, 0) is 0 Å². The minimum absolute atomic E-state index is 0.0460. The van der Waals surface area contributed by atoms with Crippen molar-refractivity contribution in [3.05, 3.63) is 16.7 Å². The number of pyridine rings is 1. The number of hydrogen-bond donors (Lipinski definition) is 1. The zero-order valence-corrected chi connectivity index (χ0v) is 11.9. The zero-order valence-electron chi connectivity index (χ0n) is 10.2. The first-order chi connectivity index (χ1) is 7.83. The van der Waals surface area contributed by atoms with E-state index in [0.717, 1.165) is 6.04 Å². The highest BCUT2D eigenvalue weighted by atomic mass is 35.5. The molecule has 1 rings (SSSR count). The molecule has 0 amide bonds. The predicted molar refractivity (Wildman–Crippen MR) is 69.9 cm³/mol. The van der Waals surface area contributed by atoms with E-state index >= 15 is 0 Å². The summed E-state index contributed by atoms with van der Waals surface area (Å²) < 4.78 is 5.41. The molecule has 0 aliphatic rings. The van der Waals surface area contributed by atoms with E-state index in [1.165, 1.54) is 6.07 Å². The van der Waals surface area contributed by atoms with Gasteiger partial charge in [-0.05, 0) is 12.1 Å². The topological polar surface area (TPSA) is 59.4 Å². The van der Waals surface area contributed by atoms with Gasteiger partial charge in [-0.15, -0.1) is 0 Å². The Bertz CT molecular complexity index is 418. The molecule has 0 spiro atoms. The molecule has 0 aliphatic carbocycles. The molecular formula is C11H16ClNO3Si. The smallest absolute Gasteiger partial charge is 0.233 e. The number of aldehydes is 1. The lowest BCUT2D eigenvalue weighted by Gasteiger charge is -2.16. The van der Waals surface area contributed by atoms with Crippen molar-refractivity contribution in [3.8, 4) is 11.8 Å². The van der Waals surface area contributed by atoms with Gasteiger partial charge in [0.25, 0.3) is 0 Å². The lowest BCUT2D eigenvalue weighted by molar-refractivity contribution is 0.111. The van der Waals surface area contributed by atoms with Crippen molar-refractivity contribution in [2.75, 3.05) is 6.61 Å². The van der Waals surface area contributed by atoms with Crippen molar-refractivity contribution < 1.29 is 14.6 Å². The number of nitrogens with zero attached hydrogens (tertiary/aromatic N) is 1. The molecule has 6 heteroatoms. The first-order valence-electron chi connectivity index (χ1n) is 5.31. The maximum atomic E-state index is 10.8. The summed E-state index contributed by atoms with van der Waals surface area (Å²) in [7, 11) is -1.19. The van der Waals surface area contributed by atoms with Gasteiger partial charge in [0.1, 0.15) is 5.02 Å². The number of hydrogen-bond acceptors (Lipinski definition) is 4. The van der Waals surface area contributed by atoms with E-state index in [2.05, 4.69) is 24.6 Å². The third-order valence-corrected chi connectivity index (χ3v) is 4.15. The molecule has 0 fully saturated rings. The molecule has 0 unspecified atom stereocenters. The van der Waals surface area contributed by atoms with Gasteiger partial charge < -0.3 is 9.84 Å². The summed E-state index contributed by atoms with van der Waals surface area (Å²) in [6, 6.07) is 2.30. The third-order valence-electron chi connectivity index (χ3n) is 2.17. The van der Waals surface area contributed by atoms with Crippen molar-refractivity contribution >= 4 is 26.0 Å². The molecule has 0 saturated heterocycles. The van der Waals surface area contributed by atoms with Gasteiger partial charge in [-0.2, -0.15) is 4.98 Å². The Labute approximate surface area is 107 Å². The van der Waals surface area contributed by atoms with Crippen LogP contribution in [0.2, 0.25) is 30.7 Å². The van der Waals surface area contributed by atoms with Crippen LogP contribution in [0.15, 0.2) is 6.07 Å². The van der Waals surface area contributed by atoms with Crippen LogP contribution in [0.1, 0.15) is 10.4 Å². The Balaban J connectivity index is 2.77. The molecule has 0 saturated carbocycles. The van der Waals surface area contributed by atoms with Crippen LogP contribution >= 0.6 is 11.6 Å². The average molecular weight is 274 g/mol. The van der Waals surface area contributed by atoms with Crippen LogP contribution in [0.25, 0.3) is 0 Å². The van der Waals surface area contributed by atoms with Gasteiger partial charge in [-0.3, -0.25) is 4.79 Å². The fraction of sp³-hybridized carbons (Fsp3) is 0.455. The second-order valence-electron chi connectivity index (χ2n) is 4.97. The Morgan fingerprint density at radius 2 is 2.18 bits per heavy atom. The highest BCUT2D eigenvalue weighted by Gasteiger charge is 2.15. The zero-order chi connectivity index (χ0) is 13.1. The summed E-state index contributed by atoms with van der Waals surface area (Å²) in [5.41, 5.74) is 0.253. The second kappa shape index (κ2) is 5.51. The summed E-state index contributed by atoms with van der Waals surface area (Å²) in [6.07, 6.45) is 0.613. The Hall–Kier alpha value is -1.07. The second-order valence-corrected chi connectivity index (χ2v) is 11.0. The average Bonchev–Trinajstić information content (AvgIpc) is 2.21. The van der Waals surface area contributed by atoms with E-state index < -0.39 is 8.07 Å². The quantitative estimate of drug-likeness (QED) is 0.662. The van der Waals surface area contributed by atoms with Crippen LogP contribution in [-0.4, -0.2) is 31.1 Å². The molecule has 94 valence electrons. The lowest BCUT2D eigenvalue weighted by atomic mass is 10.3. The SMILES string of the molecule is C[Si](C)(C)CCOc1nc(O)c(Cl)cc1C=O. The largest absolute Gasteiger partial charge is 0.492 e. The number of rotatable bonds is 5. The lowest BCUT2D eigenvalue weighted by Crippen LogP contribution is -2.22. The fourth-order valence-corrected chi connectivity index (χ4v) is 2.01. The van der Waals surface area contributed by atoms with Crippen molar-refractivity contribution in [3.63, 3.8) is 0 Å². The summed E-state index contributed by atoms with van der Waals surface area (Å²) in [4.78, 5) is 14.5. The Morgan fingerprint density at radius 3 is 2.71 bits per heavy atom. The number of aromatic nitrogens is 1. The third kappa shape index (κ3) is 4.36. The van der Waals surface area contributed by atoms with Crippen molar-refractivity contribution in [1.29, 1.82) is 0 Å². The molecule has 1 heterocycles. The molecule has 0 aliphatic heterocycles. The van der Waals surface area contributed by atoms with Gasteiger partial charge in [-0.1, -0.05) is 31.2 Å². The van der Waals surface area contributed by atoms with Crippen LogP contribution in [0.4, 0.5) is 0 Å². The molecule has 0 radical (unpaired) electrons. The van der Waals surface area contributed by atoms with E-state index in [1.807, 2.05) is 0 Å². The Morgan fingerprint density at radius 1 is 1.53 bits per heavy atom. The van der Waals surface area contributed by atoms with Crippen LogP contribution in [0.5, 0.6) is 11.8 Å². The van der Waals surface area contributed by atoms with E-state index in [1.54, 1.807) is 0 Å². The molecule has 17 heavy (non-hydrogen) atoms. The summed E-state index contributed by atoms with van der Waals surface area (Å²) in [6.45, 7) is 7.17. The van der Waals surface area contributed by atoms with Crippen LogP contribution in [0, 0.1) is 0 Å². The monoisotopic (exact) mass is 273 g/mol. The highest BCUT2D eigenvalue weighted by Crippen LogP contribution is 2.27. The van der Waals surface area contributed by atoms with Crippen molar-refractivity contribution in [2.24, 2.45) is 0 Å². The van der Waals surface area contributed by atoms with E-state index in [9.17, 15) is 9.90 Å². The maximum absolute atomic E-state index is 10.8. The van der Waals surface area contributed by atoms with E-state index in [0.29, 0.717) is 12.9 Å². The molecule has 1 aromatic rings. The molecule has 1 N–H and O–H groups in total. The van der Waals surface area contributed by atoms with Gasteiger partial charge in [0.15, 0.2) is 6.29 Å². The predicted octanol–water partition coefficient (Wildman–Crippen LogP) is 2.97. The summed E-state index contributed by atoms with van der Waals surface area (Å²) in [5, 5.41) is 9.39. The van der Waals surface area contributed by atoms with Gasteiger partial charge in [0.05, 0.1) is 12.2 Å². The number of aromatic hydroxyl groups is 1. The standard InChI is InChI=1S/C11H16ClNO3Si/c1-17(2,3)5-4-16-11-8(7-14)6-9(12)10(15)13-11/h6-7H,4-5H2,1-3H3,(H,13,15). The fourth-order valence-electron chi connectivity index (χ4n) is 1.13. The highest BCUT2D eigenvalue weighted by molar-refractivity contribution is 6.76. The van der Waals surface area contributed by atoms with Gasteiger partial charge in [-0.25, -0.2) is 0 Å². The summed E-state index contributed by atoms with van der Waals surface area (Å²) in [5.74, 6) is -0.180. The van der Waals surface area contributed by atoms with Gasteiger partial charge in [0.2, 0.25) is 11.8 Å².